The second-order valence-corrected chi connectivity index (χ2v) is 5.52. The van der Waals surface area contributed by atoms with Crippen LogP contribution in [0.3, 0.4) is 0 Å². The fourth-order valence-electron chi connectivity index (χ4n) is 1.65. The Bertz CT molecular complexity index is 661. The molecule has 0 atom stereocenters. The molecule has 2 aromatic carbocycles. The molecular weight excluding hydrogens is 347 g/mol. The van der Waals surface area contributed by atoms with E-state index >= 15 is 0 Å². The van der Waals surface area contributed by atoms with Gasteiger partial charge >= 0.3 is 5.97 Å². The molecule has 0 bridgehead atoms. The minimum absolute atomic E-state index is 0.0659. The monoisotopic (exact) mass is 356 g/mol. The summed E-state index contributed by atoms with van der Waals surface area (Å²) in [5.41, 5.74) is 0.0659. The summed E-state index contributed by atoms with van der Waals surface area (Å²) in [7, 11) is 0. The number of hydrogen-bond donors (Lipinski definition) is 1. The minimum atomic E-state index is -1.09. The molecule has 0 aliphatic carbocycles. The van der Waals surface area contributed by atoms with Crippen LogP contribution in [0.2, 0.25) is 0 Å². The molecule has 104 valence electrons. The van der Waals surface area contributed by atoms with E-state index in [4.69, 9.17) is 4.74 Å². The fraction of sp³-hybridized carbons (Fsp3) is 0.0714. The highest BCUT2D eigenvalue weighted by atomic mass is 79.9. The van der Waals surface area contributed by atoms with Gasteiger partial charge in [-0.2, -0.15) is 0 Å². The van der Waals surface area contributed by atoms with E-state index in [1.54, 1.807) is 24.5 Å². The number of carboxylic acid groups (broad SMARTS) is 1. The van der Waals surface area contributed by atoms with Gasteiger partial charge in [0.05, 0.1) is 4.47 Å². The van der Waals surface area contributed by atoms with Crippen LogP contribution in [0.1, 0.15) is 10.4 Å². The average molecular weight is 357 g/mol. The number of hydrogen-bond acceptors (Lipinski definition) is 3. The van der Waals surface area contributed by atoms with Crippen molar-refractivity contribution in [3.8, 4) is 11.5 Å². The van der Waals surface area contributed by atoms with E-state index in [0.717, 1.165) is 0 Å². The van der Waals surface area contributed by atoms with Gasteiger partial charge in [-0.3, -0.25) is 0 Å². The second kappa shape index (κ2) is 6.28. The first-order valence-corrected chi connectivity index (χ1v) is 7.58. The van der Waals surface area contributed by atoms with E-state index in [9.17, 15) is 14.3 Å². The molecule has 20 heavy (non-hydrogen) atoms. The van der Waals surface area contributed by atoms with Gasteiger partial charge in [0.15, 0.2) is 0 Å². The lowest BCUT2D eigenvalue weighted by atomic mass is 10.2. The summed E-state index contributed by atoms with van der Waals surface area (Å²) in [5, 5.41) is 9.30. The largest absolute Gasteiger partial charge is 0.478 e. The van der Waals surface area contributed by atoms with Crippen LogP contribution in [0, 0.1) is 5.82 Å². The van der Waals surface area contributed by atoms with Crippen LogP contribution in [0.5, 0.6) is 11.5 Å². The molecule has 0 radical (unpaired) electrons. The van der Waals surface area contributed by atoms with E-state index < -0.39 is 11.8 Å². The Balaban J connectivity index is 2.48. The van der Waals surface area contributed by atoms with Crippen molar-refractivity contribution in [1.82, 2.24) is 0 Å². The smallest absolute Gasteiger partial charge is 0.340 e. The third-order valence-electron chi connectivity index (χ3n) is 2.53. The van der Waals surface area contributed by atoms with Crippen molar-refractivity contribution in [2.75, 3.05) is 6.26 Å². The van der Waals surface area contributed by atoms with Crippen molar-refractivity contribution in [3.05, 3.63) is 52.3 Å². The van der Waals surface area contributed by atoms with E-state index in [0.29, 0.717) is 9.37 Å². The van der Waals surface area contributed by atoms with Crippen molar-refractivity contribution in [2.24, 2.45) is 0 Å². The van der Waals surface area contributed by atoms with Crippen LogP contribution in [0.4, 0.5) is 4.39 Å². The molecule has 0 unspecified atom stereocenters. The highest BCUT2D eigenvalue weighted by Gasteiger charge is 2.17. The number of thioether (sulfide) groups is 1. The van der Waals surface area contributed by atoms with Crippen molar-refractivity contribution >= 4 is 33.7 Å². The van der Waals surface area contributed by atoms with Crippen LogP contribution < -0.4 is 4.74 Å². The van der Waals surface area contributed by atoms with Gasteiger partial charge in [-0.25, -0.2) is 9.18 Å². The molecule has 1 N–H and O–H groups in total. The lowest BCUT2D eigenvalue weighted by molar-refractivity contribution is 0.0690. The zero-order chi connectivity index (χ0) is 14.7. The number of carbonyl (C=O) groups is 1. The molecule has 0 amide bonds. The summed E-state index contributed by atoms with van der Waals surface area (Å²) in [6, 6.07) is 8.92. The fourth-order valence-corrected chi connectivity index (χ4v) is 2.59. The number of rotatable bonds is 4. The maximum atomic E-state index is 13.2. The Labute approximate surface area is 127 Å². The molecule has 0 fully saturated rings. The lowest BCUT2D eigenvalue weighted by Crippen LogP contribution is -2.02. The molecule has 0 saturated carbocycles. The summed E-state index contributed by atoms with van der Waals surface area (Å²) in [6.07, 6.45) is 1.78. The van der Waals surface area contributed by atoms with Gasteiger partial charge in [-0.15, -0.1) is 11.8 Å². The number of benzene rings is 2. The predicted octanol–water partition coefficient (Wildman–Crippen LogP) is 4.80. The SMILES string of the molecule is CSc1cccc(Oc2cc(F)ccc2Br)c1C(=O)O. The molecular formula is C14H10BrFO3S. The molecule has 2 rings (SSSR count). The second-order valence-electron chi connectivity index (χ2n) is 3.82. The molecule has 0 aliphatic heterocycles. The predicted molar refractivity (Wildman–Crippen MR) is 79.4 cm³/mol. The molecule has 6 heteroatoms. The van der Waals surface area contributed by atoms with Crippen LogP contribution in [-0.4, -0.2) is 17.3 Å². The van der Waals surface area contributed by atoms with Crippen LogP contribution in [0.25, 0.3) is 0 Å². The number of aromatic carboxylic acids is 1. The van der Waals surface area contributed by atoms with Gasteiger partial charge in [0.1, 0.15) is 22.9 Å². The zero-order valence-electron chi connectivity index (χ0n) is 10.4. The Kier molecular flexibility index (Phi) is 4.67. The first kappa shape index (κ1) is 14.9. The van der Waals surface area contributed by atoms with Crippen LogP contribution >= 0.6 is 27.7 Å². The van der Waals surface area contributed by atoms with Crippen LogP contribution in [-0.2, 0) is 0 Å². The molecule has 2 aromatic rings. The van der Waals surface area contributed by atoms with Gasteiger partial charge in [0.25, 0.3) is 0 Å². The number of carboxylic acids is 1. The molecule has 3 nitrogen and oxygen atoms in total. The van der Waals surface area contributed by atoms with Crippen molar-refractivity contribution in [1.29, 1.82) is 0 Å². The quantitative estimate of drug-likeness (QED) is 0.799. The Morgan fingerprint density at radius 1 is 1.30 bits per heavy atom. The third kappa shape index (κ3) is 3.13. The Morgan fingerprint density at radius 3 is 2.70 bits per heavy atom. The molecule has 0 aliphatic rings. The molecule has 0 saturated heterocycles. The van der Waals surface area contributed by atoms with Gasteiger partial charge in [0, 0.05) is 11.0 Å². The minimum Gasteiger partial charge on any atom is -0.478 e. The van der Waals surface area contributed by atoms with Crippen LogP contribution in [0.15, 0.2) is 45.8 Å². The summed E-state index contributed by atoms with van der Waals surface area (Å²) < 4.78 is 19.3. The number of halogens is 2. The summed E-state index contributed by atoms with van der Waals surface area (Å²) >= 11 is 4.55. The Hall–Kier alpha value is -1.53. The lowest BCUT2D eigenvalue weighted by Gasteiger charge is -2.12. The summed E-state index contributed by atoms with van der Waals surface area (Å²) in [6.45, 7) is 0. The standard InChI is InChI=1S/C14H10BrFO3S/c1-20-12-4-2-3-10(13(12)14(17)18)19-11-7-8(16)5-6-9(11)15/h2-7H,1H3,(H,17,18). The first-order valence-electron chi connectivity index (χ1n) is 5.56. The van der Waals surface area contributed by atoms with Gasteiger partial charge in [-0.05, 0) is 46.5 Å². The maximum absolute atomic E-state index is 13.2. The van der Waals surface area contributed by atoms with E-state index in [1.807, 2.05) is 0 Å². The van der Waals surface area contributed by atoms with Crippen molar-refractivity contribution in [2.45, 2.75) is 4.90 Å². The average Bonchev–Trinajstić information content (AvgIpc) is 2.42. The van der Waals surface area contributed by atoms with Gasteiger partial charge in [-0.1, -0.05) is 6.07 Å². The van der Waals surface area contributed by atoms with E-state index in [2.05, 4.69) is 15.9 Å². The molecule has 0 heterocycles. The van der Waals surface area contributed by atoms with Crippen molar-refractivity contribution in [3.63, 3.8) is 0 Å². The normalized spacial score (nSPS) is 10.3. The molecule has 0 spiro atoms. The Morgan fingerprint density at radius 2 is 2.05 bits per heavy atom. The van der Waals surface area contributed by atoms with Gasteiger partial charge < -0.3 is 9.84 Å². The molecule has 0 aromatic heterocycles. The highest BCUT2D eigenvalue weighted by Crippen LogP contribution is 2.35. The van der Waals surface area contributed by atoms with E-state index in [1.165, 1.54) is 30.0 Å². The third-order valence-corrected chi connectivity index (χ3v) is 3.97. The number of ether oxygens (including phenoxy) is 1. The highest BCUT2D eigenvalue weighted by molar-refractivity contribution is 9.10. The van der Waals surface area contributed by atoms with Crippen molar-refractivity contribution < 1.29 is 19.0 Å². The summed E-state index contributed by atoms with van der Waals surface area (Å²) in [4.78, 5) is 12.0. The first-order chi connectivity index (χ1) is 9.52. The van der Waals surface area contributed by atoms with Gasteiger partial charge in [0.2, 0.25) is 0 Å². The maximum Gasteiger partial charge on any atom is 0.340 e. The van der Waals surface area contributed by atoms with E-state index in [-0.39, 0.29) is 17.1 Å². The zero-order valence-corrected chi connectivity index (χ0v) is 12.8. The summed E-state index contributed by atoms with van der Waals surface area (Å²) in [5.74, 6) is -1.14. The topological polar surface area (TPSA) is 46.5 Å².